The second-order valence-corrected chi connectivity index (χ2v) is 9.78. The zero-order valence-corrected chi connectivity index (χ0v) is 21.4. The van der Waals surface area contributed by atoms with Crippen molar-refractivity contribution in [3.05, 3.63) is 126 Å². The molecule has 1 aliphatic rings. The van der Waals surface area contributed by atoms with E-state index in [2.05, 4.69) is 18.2 Å². The number of esters is 2. The maximum atomic E-state index is 13.0. The van der Waals surface area contributed by atoms with Crippen LogP contribution < -0.4 is 9.47 Å². The molecule has 0 radical (unpaired) electrons. The topological polar surface area (TPSA) is 65.5 Å². The van der Waals surface area contributed by atoms with Crippen LogP contribution in [0.3, 0.4) is 0 Å². The molecular formula is C34H27NO4. The molecule has 0 unspecified atom stereocenters. The number of carbonyl (C=O) groups is 2. The molecular weight excluding hydrogens is 486 g/mol. The van der Waals surface area contributed by atoms with Gasteiger partial charge in [0.15, 0.2) is 0 Å². The number of fused-ring (bicyclic) bond motifs is 4. The van der Waals surface area contributed by atoms with Crippen LogP contribution in [0.1, 0.15) is 36.8 Å². The zero-order chi connectivity index (χ0) is 26.7. The number of para-hydroxylation sites is 3. The van der Waals surface area contributed by atoms with Crippen molar-refractivity contribution < 1.29 is 19.1 Å². The Bertz CT molecular complexity index is 1590. The number of pyridine rings is 1. The summed E-state index contributed by atoms with van der Waals surface area (Å²) in [5.41, 5.74) is 4.34. The van der Waals surface area contributed by atoms with Crippen molar-refractivity contribution >= 4 is 22.8 Å². The Balaban J connectivity index is 1.36. The monoisotopic (exact) mass is 513 g/mol. The predicted octanol–water partition coefficient (Wildman–Crippen LogP) is 7.27. The lowest BCUT2D eigenvalue weighted by molar-refractivity contribution is -0.134. The summed E-state index contributed by atoms with van der Waals surface area (Å²) in [4.78, 5) is 31.0. The molecule has 1 heterocycles. The van der Waals surface area contributed by atoms with Crippen LogP contribution >= 0.6 is 0 Å². The lowest BCUT2D eigenvalue weighted by Crippen LogP contribution is -2.29. The standard InChI is InChI=1S/C34H27NO4/c36-31(38-25-12-3-1-4-13-25)19-21-34(22-20-32(37)39-26-14-5-2-6-15-26)28-17-9-8-16-27(28)33-29(34)23-24-11-7-10-18-30(24)35-33/h1-18,23H,19-22H2. The van der Waals surface area contributed by atoms with Gasteiger partial charge in [0.25, 0.3) is 0 Å². The molecule has 0 bridgehead atoms. The molecule has 192 valence electrons. The highest BCUT2D eigenvalue weighted by molar-refractivity contribution is 5.89. The average Bonchev–Trinajstić information content (AvgIpc) is 3.24. The zero-order valence-electron chi connectivity index (χ0n) is 21.4. The minimum atomic E-state index is -0.603. The molecule has 1 aromatic heterocycles. The summed E-state index contributed by atoms with van der Waals surface area (Å²) < 4.78 is 11.2. The average molecular weight is 514 g/mol. The summed E-state index contributed by atoms with van der Waals surface area (Å²) in [6, 6.07) is 36.5. The van der Waals surface area contributed by atoms with E-state index in [1.807, 2.05) is 72.8 Å². The van der Waals surface area contributed by atoms with Gasteiger partial charge in [-0.1, -0.05) is 78.9 Å². The van der Waals surface area contributed by atoms with Crippen molar-refractivity contribution in [2.24, 2.45) is 0 Å². The minimum absolute atomic E-state index is 0.184. The quantitative estimate of drug-likeness (QED) is 0.161. The van der Waals surface area contributed by atoms with Gasteiger partial charge >= 0.3 is 11.9 Å². The Morgan fingerprint density at radius 3 is 1.79 bits per heavy atom. The van der Waals surface area contributed by atoms with Gasteiger partial charge in [-0.2, -0.15) is 0 Å². The van der Waals surface area contributed by atoms with Crippen molar-refractivity contribution in [2.45, 2.75) is 31.1 Å². The fraction of sp³-hybridized carbons (Fsp3) is 0.147. The number of hydrogen-bond acceptors (Lipinski definition) is 5. The second-order valence-electron chi connectivity index (χ2n) is 9.78. The van der Waals surface area contributed by atoms with Gasteiger partial charge in [-0.05, 0) is 60.4 Å². The molecule has 39 heavy (non-hydrogen) atoms. The van der Waals surface area contributed by atoms with Gasteiger partial charge in [-0.3, -0.25) is 9.59 Å². The number of aromatic nitrogens is 1. The summed E-state index contributed by atoms with van der Waals surface area (Å²) >= 11 is 0. The number of rotatable bonds is 8. The summed E-state index contributed by atoms with van der Waals surface area (Å²) in [5.74, 6) is 0.407. The normalized spacial score (nSPS) is 12.9. The fourth-order valence-corrected chi connectivity index (χ4v) is 5.57. The number of carbonyl (C=O) groups excluding carboxylic acids is 2. The van der Waals surface area contributed by atoms with E-state index in [0.717, 1.165) is 33.3 Å². The summed E-state index contributed by atoms with van der Waals surface area (Å²) in [5, 5.41) is 1.02. The van der Waals surface area contributed by atoms with Crippen LogP contribution in [0.5, 0.6) is 11.5 Å². The molecule has 0 saturated carbocycles. The van der Waals surface area contributed by atoms with Crippen LogP contribution in [0.2, 0.25) is 0 Å². The SMILES string of the molecule is O=C(CCC1(CCC(=O)Oc2ccccc2)c2ccccc2-c2nc3ccccc3cc21)Oc1ccccc1. The van der Waals surface area contributed by atoms with Gasteiger partial charge in [0, 0.05) is 29.2 Å². The van der Waals surface area contributed by atoms with E-state index in [9.17, 15) is 9.59 Å². The molecule has 1 aliphatic carbocycles. The Morgan fingerprint density at radius 1 is 0.615 bits per heavy atom. The molecule has 0 atom stereocenters. The predicted molar refractivity (Wildman–Crippen MR) is 151 cm³/mol. The van der Waals surface area contributed by atoms with E-state index in [1.165, 1.54) is 0 Å². The smallest absolute Gasteiger partial charge is 0.311 e. The highest BCUT2D eigenvalue weighted by Gasteiger charge is 2.44. The highest BCUT2D eigenvalue weighted by Crippen LogP contribution is 2.53. The van der Waals surface area contributed by atoms with Gasteiger partial charge in [0.1, 0.15) is 11.5 Å². The van der Waals surface area contributed by atoms with Crippen molar-refractivity contribution in [3.8, 4) is 22.8 Å². The van der Waals surface area contributed by atoms with Crippen molar-refractivity contribution in [1.82, 2.24) is 4.98 Å². The Labute approximate surface area is 227 Å². The van der Waals surface area contributed by atoms with Crippen LogP contribution in [0.4, 0.5) is 0 Å². The third-order valence-corrected chi connectivity index (χ3v) is 7.40. The number of hydrogen-bond donors (Lipinski definition) is 0. The summed E-state index contributed by atoms with van der Waals surface area (Å²) in [6.45, 7) is 0. The molecule has 5 aromatic rings. The van der Waals surface area contributed by atoms with E-state index < -0.39 is 5.41 Å². The lowest BCUT2D eigenvalue weighted by Gasteiger charge is -2.32. The van der Waals surface area contributed by atoms with E-state index in [0.29, 0.717) is 24.3 Å². The largest absolute Gasteiger partial charge is 0.427 e. The van der Waals surface area contributed by atoms with Crippen LogP contribution in [0, 0.1) is 0 Å². The van der Waals surface area contributed by atoms with Gasteiger partial charge in [0.05, 0.1) is 11.2 Å². The van der Waals surface area contributed by atoms with Crippen LogP contribution in [0.15, 0.2) is 115 Å². The molecule has 0 amide bonds. The number of ether oxygens (including phenoxy) is 2. The third kappa shape index (κ3) is 4.91. The third-order valence-electron chi connectivity index (χ3n) is 7.40. The van der Waals surface area contributed by atoms with E-state index in [-0.39, 0.29) is 24.8 Å². The Morgan fingerprint density at radius 2 is 1.15 bits per heavy atom. The van der Waals surface area contributed by atoms with Gasteiger partial charge < -0.3 is 9.47 Å². The molecule has 0 spiro atoms. The molecule has 4 aromatic carbocycles. The van der Waals surface area contributed by atoms with E-state index in [1.54, 1.807) is 24.3 Å². The Kier molecular flexibility index (Phi) is 6.64. The van der Waals surface area contributed by atoms with Crippen molar-refractivity contribution in [1.29, 1.82) is 0 Å². The molecule has 5 heteroatoms. The second kappa shape index (κ2) is 10.5. The van der Waals surface area contributed by atoms with Gasteiger partial charge in [0.2, 0.25) is 0 Å². The molecule has 0 aliphatic heterocycles. The molecule has 0 saturated heterocycles. The van der Waals surface area contributed by atoms with Crippen LogP contribution in [0.25, 0.3) is 22.2 Å². The highest BCUT2D eigenvalue weighted by atomic mass is 16.5. The first-order valence-corrected chi connectivity index (χ1v) is 13.1. The fourth-order valence-electron chi connectivity index (χ4n) is 5.57. The van der Waals surface area contributed by atoms with Gasteiger partial charge in [-0.15, -0.1) is 0 Å². The molecule has 5 nitrogen and oxygen atoms in total. The van der Waals surface area contributed by atoms with Gasteiger partial charge in [-0.25, -0.2) is 4.98 Å². The molecule has 0 fully saturated rings. The van der Waals surface area contributed by atoms with Crippen LogP contribution in [-0.2, 0) is 15.0 Å². The van der Waals surface area contributed by atoms with Crippen LogP contribution in [-0.4, -0.2) is 16.9 Å². The number of nitrogens with zero attached hydrogens (tertiary/aromatic N) is 1. The van der Waals surface area contributed by atoms with E-state index >= 15 is 0 Å². The van der Waals surface area contributed by atoms with E-state index in [4.69, 9.17) is 14.5 Å². The van der Waals surface area contributed by atoms with Crippen molar-refractivity contribution in [3.63, 3.8) is 0 Å². The first-order valence-electron chi connectivity index (χ1n) is 13.1. The first-order chi connectivity index (χ1) is 19.1. The Hall–Kier alpha value is -4.77. The number of benzene rings is 4. The first kappa shape index (κ1) is 24.6. The molecule has 0 N–H and O–H groups in total. The lowest BCUT2D eigenvalue weighted by atomic mass is 9.71. The summed E-state index contributed by atoms with van der Waals surface area (Å²) in [7, 11) is 0. The summed E-state index contributed by atoms with van der Waals surface area (Å²) in [6.07, 6.45) is 1.31. The molecule has 6 rings (SSSR count). The minimum Gasteiger partial charge on any atom is -0.427 e. The maximum absolute atomic E-state index is 13.0. The van der Waals surface area contributed by atoms with Crippen molar-refractivity contribution in [2.75, 3.05) is 0 Å². The maximum Gasteiger partial charge on any atom is 0.311 e.